The number of morpholine rings is 1. The number of H-pyrrole nitrogens is 1. The van der Waals surface area contributed by atoms with E-state index in [9.17, 15) is 4.79 Å². The summed E-state index contributed by atoms with van der Waals surface area (Å²) < 4.78 is 11.1. The Balaban J connectivity index is 1.71. The number of aromatic amines is 1. The molecule has 1 N–H and O–H groups in total. The highest BCUT2D eigenvalue weighted by molar-refractivity contribution is 5.94. The number of nitrogens with one attached hydrogen (secondary N) is 1. The molecule has 1 aliphatic rings. The van der Waals surface area contributed by atoms with E-state index in [2.05, 4.69) is 20.2 Å². The lowest BCUT2D eigenvalue weighted by Crippen LogP contribution is -2.42. The Morgan fingerprint density at radius 1 is 1.50 bits per heavy atom. The lowest BCUT2D eigenvalue weighted by molar-refractivity contribution is -0.0266. The van der Waals surface area contributed by atoms with Crippen LogP contribution >= 0.6 is 0 Å². The molecule has 128 valence electrons. The van der Waals surface area contributed by atoms with Crippen LogP contribution in [-0.2, 0) is 11.2 Å². The van der Waals surface area contributed by atoms with Crippen LogP contribution in [0.2, 0.25) is 0 Å². The summed E-state index contributed by atoms with van der Waals surface area (Å²) in [5, 5.41) is 7.07. The van der Waals surface area contributed by atoms with Gasteiger partial charge in [0.15, 0.2) is 5.82 Å². The number of aryl methyl sites for hydroxylation is 1. The lowest BCUT2D eigenvalue weighted by atomic mass is 10.2. The average molecular weight is 331 g/mol. The predicted octanol–water partition coefficient (Wildman–Crippen LogP) is 1.37. The molecule has 3 heterocycles. The molecule has 1 saturated heterocycles. The Bertz CT molecular complexity index is 703. The maximum absolute atomic E-state index is 12.7. The maximum Gasteiger partial charge on any atom is 0.254 e. The zero-order valence-electron chi connectivity index (χ0n) is 13.9. The SMILES string of the molecule is CCOc1cc(C(=O)N2CCOC(c3n[nH]c(CC)n3)C2)ccn1. The third kappa shape index (κ3) is 3.53. The molecule has 2 aromatic rings. The van der Waals surface area contributed by atoms with E-state index in [-0.39, 0.29) is 12.0 Å². The van der Waals surface area contributed by atoms with E-state index in [4.69, 9.17) is 9.47 Å². The Hall–Kier alpha value is -2.48. The van der Waals surface area contributed by atoms with Gasteiger partial charge in [0.05, 0.1) is 19.8 Å². The normalized spacial score (nSPS) is 17.8. The number of ether oxygens (including phenoxy) is 2. The molecule has 24 heavy (non-hydrogen) atoms. The van der Waals surface area contributed by atoms with Crippen molar-refractivity contribution in [2.75, 3.05) is 26.3 Å². The number of hydrogen-bond acceptors (Lipinski definition) is 6. The van der Waals surface area contributed by atoms with Crippen molar-refractivity contribution in [3.05, 3.63) is 35.5 Å². The van der Waals surface area contributed by atoms with E-state index in [1.165, 1.54) is 0 Å². The number of hydrogen-bond donors (Lipinski definition) is 1. The fourth-order valence-corrected chi connectivity index (χ4v) is 2.55. The van der Waals surface area contributed by atoms with Gasteiger partial charge in [-0.05, 0) is 13.0 Å². The van der Waals surface area contributed by atoms with Crippen LogP contribution in [0.3, 0.4) is 0 Å². The fraction of sp³-hybridized carbons (Fsp3) is 0.500. The van der Waals surface area contributed by atoms with Crippen molar-refractivity contribution in [2.24, 2.45) is 0 Å². The third-order valence-electron chi connectivity index (χ3n) is 3.80. The van der Waals surface area contributed by atoms with Crippen LogP contribution in [0.5, 0.6) is 5.88 Å². The third-order valence-corrected chi connectivity index (χ3v) is 3.80. The second-order valence-electron chi connectivity index (χ2n) is 5.42. The molecule has 2 aromatic heterocycles. The predicted molar refractivity (Wildman–Crippen MR) is 85.8 cm³/mol. The highest BCUT2D eigenvalue weighted by Crippen LogP contribution is 2.21. The van der Waals surface area contributed by atoms with Gasteiger partial charge >= 0.3 is 0 Å². The molecule has 0 bridgehead atoms. The van der Waals surface area contributed by atoms with Crippen molar-refractivity contribution in [3.63, 3.8) is 0 Å². The number of aromatic nitrogens is 4. The summed E-state index contributed by atoms with van der Waals surface area (Å²) in [4.78, 5) is 23.0. The zero-order valence-corrected chi connectivity index (χ0v) is 13.9. The molecule has 0 saturated carbocycles. The quantitative estimate of drug-likeness (QED) is 0.889. The number of carbonyl (C=O) groups is 1. The molecular weight excluding hydrogens is 310 g/mol. The van der Waals surface area contributed by atoms with Gasteiger partial charge in [-0.3, -0.25) is 9.89 Å². The first kappa shape index (κ1) is 16.4. The molecule has 8 heteroatoms. The van der Waals surface area contributed by atoms with Crippen molar-refractivity contribution in [1.29, 1.82) is 0 Å². The van der Waals surface area contributed by atoms with Crippen LogP contribution in [0.4, 0.5) is 0 Å². The van der Waals surface area contributed by atoms with E-state index in [1.807, 2.05) is 13.8 Å². The summed E-state index contributed by atoms with van der Waals surface area (Å²) >= 11 is 0. The first-order valence-corrected chi connectivity index (χ1v) is 8.12. The number of amides is 1. The fourth-order valence-electron chi connectivity index (χ4n) is 2.55. The Morgan fingerprint density at radius 3 is 3.12 bits per heavy atom. The van der Waals surface area contributed by atoms with Gasteiger partial charge in [-0.1, -0.05) is 6.92 Å². The van der Waals surface area contributed by atoms with Crippen molar-refractivity contribution in [3.8, 4) is 5.88 Å². The minimum absolute atomic E-state index is 0.0714. The van der Waals surface area contributed by atoms with Gasteiger partial charge in [0.25, 0.3) is 5.91 Å². The molecule has 1 amide bonds. The van der Waals surface area contributed by atoms with Gasteiger partial charge in [0, 0.05) is 30.8 Å². The smallest absolute Gasteiger partial charge is 0.254 e. The van der Waals surface area contributed by atoms with Gasteiger partial charge in [-0.15, -0.1) is 0 Å². The van der Waals surface area contributed by atoms with Crippen LogP contribution in [0, 0.1) is 0 Å². The largest absolute Gasteiger partial charge is 0.478 e. The number of carbonyl (C=O) groups excluding carboxylic acids is 1. The summed E-state index contributed by atoms with van der Waals surface area (Å²) in [7, 11) is 0. The molecule has 1 unspecified atom stereocenters. The average Bonchev–Trinajstić information content (AvgIpc) is 3.11. The first-order chi connectivity index (χ1) is 11.7. The number of pyridine rings is 1. The summed E-state index contributed by atoms with van der Waals surface area (Å²) in [6, 6.07) is 3.36. The van der Waals surface area contributed by atoms with Crippen LogP contribution in [-0.4, -0.2) is 57.3 Å². The maximum atomic E-state index is 12.7. The van der Waals surface area contributed by atoms with Crippen molar-refractivity contribution < 1.29 is 14.3 Å². The minimum atomic E-state index is -0.313. The molecule has 1 atom stereocenters. The van der Waals surface area contributed by atoms with Gasteiger partial charge < -0.3 is 14.4 Å². The zero-order chi connectivity index (χ0) is 16.9. The van der Waals surface area contributed by atoms with E-state index in [1.54, 1.807) is 23.2 Å². The lowest BCUT2D eigenvalue weighted by Gasteiger charge is -2.31. The highest BCUT2D eigenvalue weighted by atomic mass is 16.5. The highest BCUT2D eigenvalue weighted by Gasteiger charge is 2.28. The minimum Gasteiger partial charge on any atom is -0.478 e. The van der Waals surface area contributed by atoms with Crippen molar-refractivity contribution in [2.45, 2.75) is 26.4 Å². The molecule has 0 aliphatic carbocycles. The second-order valence-corrected chi connectivity index (χ2v) is 5.42. The molecule has 1 aliphatic heterocycles. The molecule has 1 fully saturated rings. The molecule has 3 rings (SSSR count). The topological polar surface area (TPSA) is 93.2 Å². The summed E-state index contributed by atoms with van der Waals surface area (Å²) in [5.74, 6) is 1.79. The first-order valence-electron chi connectivity index (χ1n) is 8.12. The van der Waals surface area contributed by atoms with Crippen LogP contribution in [0.25, 0.3) is 0 Å². The van der Waals surface area contributed by atoms with Crippen LogP contribution in [0.1, 0.15) is 42.0 Å². The van der Waals surface area contributed by atoms with E-state index < -0.39 is 0 Å². The number of rotatable bonds is 5. The molecular formula is C16H21N5O3. The van der Waals surface area contributed by atoms with Crippen LogP contribution < -0.4 is 4.74 Å². The Kier molecular flexibility index (Phi) is 5.05. The summed E-state index contributed by atoms with van der Waals surface area (Å²) in [6.45, 7) is 5.80. The van der Waals surface area contributed by atoms with E-state index >= 15 is 0 Å². The molecule has 8 nitrogen and oxygen atoms in total. The van der Waals surface area contributed by atoms with Gasteiger partial charge in [0.2, 0.25) is 5.88 Å². The summed E-state index contributed by atoms with van der Waals surface area (Å²) in [6.07, 6.45) is 2.05. The van der Waals surface area contributed by atoms with E-state index in [0.29, 0.717) is 43.6 Å². The van der Waals surface area contributed by atoms with Gasteiger partial charge in [-0.2, -0.15) is 5.10 Å². The summed E-state index contributed by atoms with van der Waals surface area (Å²) in [5.41, 5.74) is 0.554. The van der Waals surface area contributed by atoms with Crippen LogP contribution in [0.15, 0.2) is 18.3 Å². The second kappa shape index (κ2) is 7.39. The van der Waals surface area contributed by atoms with Gasteiger partial charge in [-0.25, -0.2) is 9.97 Å². The Labute approximate surface area is 140 Å². The standard InChI is InChI=1S/C16H21N5O3/c1-3-13-18-15(20-19-13)12-10-21(7-8-24-12)16(22)11-5-6-17-14(9-11)23-4-2/h5-6,9,12H,3-4,7-8,10H2,1-2H3,(H,18,19,20). The Morgan fingerprint density at radius 2 is 2.38 bits per heavy atom. The molecule has 0 radical (unpaired) electrons. The van der Waals surface area contributed by atoms with Crippen molar-refractivity contribution >= 4 is 5.91 Å². The number of nitrogens with zero attached hydrogens (tertiary/aromatic N) is 4. The van der Waals surface area contributed by atoms with Gasteiger partial charge in [0.1, 0.15) is 11.9 Å². The van der Waals surface area contributed by atoms with E-state index in [0.717, 1.165) is 12.2 Å². The van der Waals surface area contributed by atoms with Crippen molar-refractivity contribution in [1.82, 2.24) is 25.1 Å². The molecule has 0 aromatic carbocycles. The molecule has 0 spiro atoms. The monoisotopic (exact) mass is 331 g/mol.